The van der Waals surface area contributed by atoms with Crippen LogP contribution in [0.25, 0.3) is 11.0 Å². The summed E-state index contributed by atoms with van der Waals surface area (Å²) in [5.74, 6) is 1.71. The van der Waals surface area contributed by atoms with E-state index < -0.39 is 0 Å². The fourth-order valence-electron chi connectivity index (χ4n) is 2.33. The molecular formula is C15H14ClNO2. The van der Waals surface area contributed by atoms with Gasteiger partial charge in [-0.25, -0.2) is 0 Å². The standard InChI is InChI=1S/C15H14ClNO2/c1-9-11(6-7-18-9)14(17-2)13-8-10-4-3-5-12(16)15(10)19-13/h3-8,14,17H,1-2H3. The molecule has 0 aliphatic heterocycles. The molecule has 1 atom stereocenters. The first-order valence-electron chi connectivity index (χ1n) is 6.10. The van der Waals surface area contributed by atoms with E-state index in [2.05, 4.69) is 5.32 Å². The molecule has 0 bridgehead atoms. The summed E-state index contributed by atoms with van der Waals surface area (Å²) < 4.78 is 11.3. The summed E-state index contributed by atoms with van der Waals surface area (Å²) in [6.45, 7) is 1.94. The fraction of sp³-hybridized carbons (Fsp3) is 0.200. The van der Waals surface area contributed by atoms with Crippen LogP contribution in [0.1, 0.15) is 23.1 Å². The van der Waals surface area contributed by atoms with Gasteiger partial charge >= 0.3 is 0 Å². The lowest BCUT2D eigenvalue weighted by atomic mass is 10.1. The quantitative estimate of drug-likeness (QED) is 0.775. The number of aryl methyl sites for hydroxylation is 1. The topological polar surface area (TPSA) is 38.3 Å². The molecular weight excluding hydrogens is 262 g/mol. The highest BCUT2D eigenvalue weighted by Crippen LogP contribution is 2.32. The van der Waals surface area contributed by atoms with E-state index >= 15 is 0 Å². The van der Waals surface area contributed by atoms with Gasteiger partial charge in [-0.2, -0.15) is 0 Å². The molecule has 0 radical (unpaired) electrons. The second-order valence-corrected chi connectivity index (χ2v) is 4.87. The zero-order valence-electron chi connectivity index (χ0n) is 10.7. The van der Waals surface area contributed by atoms with E-state index in [1.54, 1.807) is 6.26 Å². The highest BCUT2D eigenvalue weighted by atomic mass is 35.5. The summed E-state index contributed by atoms with van der Waals surface area (Å²) in [5.41, 5.74) is 1.79. The predicted molar refractivity (Wildman–Crippen MR) is 75.6 cm³/mol. The lowest BCUT2D eigenvalue weighted by molar-refractivity contribution is 0.478. The van der Waals surface area contributed by atoms with Crippen molar-refractivity contribution in [1.29, 1.82) is 0 Å². The molecule has 2 aromatic heterocycles. The molecule has 4 heteroatoms. The van der Waals surface area contributed by atoms with Crippen LogP contribution in [-0.2, 0) is 0 Å². The van der Waals surface area contributed by atoms with Crippen molar-refractivity contribution in [3.63, 3.8) is 0 Å². The van der Waals surface area contributed by atoms with Gasteiger partial charge in [-0.15, -0.1) is 0 Å². The van der Waals surface area contributed by atoms with Gasteiger partial charge in [0.1, 0.15) is 11.5 Å². The Morgan fingerprint density at radius 3 is 2.74 bits per heavy atom. The zero-order chi connectivity index (χ0) is 13.4. The van der Waals surface area contributed by atoms with Crippen molar-refractivity contribution in [2.75, 3.05) is 7.05 Å². The Balaban J connectivity index is 2.12. The Bertz CT molecular complexity index is 714. The largest absolute Gasteiger partial charge is 0.469 e. The first kappa shape index (κ1) is 12.3. The lowest BCUT2D eigenvalue weighted by Crippen LogP contribution is -2.17. The van der Waals surface area contributed by atoms with E-state index in [9.17, 15) is 0 Å². The number of furan rings is 2. The second-order valence-electron chi connectivity index (χ2n) is 4.46. The predicted octanol–water partition coefficient (Wildman–Crippen LogP) is 4.30. The third-order valence-corrected chi connectivity index (χ3v) is 3.60. The van der Waals surface area contributed by atoms with Crippen LogP contribution in [0.5, 0.6) is 0 Å². The smallest absolute Gasteiger partial charge is 0.152 e. The molecule has 0 fully saturated rings. The Labute approximate surface area is 116 Å². The van der Waals surface area contributed by atoms with Crippen molar-refractivity contribution in [3.05, 3.63) is 58.7 Å². The van der Waals surface area contributed by atoms with Gasteiger partial charge in [0.2, 0.25) is 0 Å². The van der Waals surface area contributed by atoms with Crippen LogP contribution in [0.4, 0.5) is 0 Å². The molecule has 0 aliphatic carbocycles. The molecule has 0 saturated heterocycles. The van der Waals surface area contributed by atoms with Gasteiger partial charge in [0.05, 0.1) is 17.3 Å². The van der Waals surface area contributed by atoms with Gasteiger partial charge in [-0.05, 0) is 32.2 Å². The van der Waals surface area contributed by atoms with Crippen LogP contribution in [0.2, 0.25) is 5.02 Å². The average molecular weight is 276 g/mol. The molecule has 0 saturated carbocycles. The highest BCUT2D eigenvalue weighted by Gasteiger charge is 2.20. The third-order valence-electron chi connectivity index (χ3n) is 3.30. The Morgan fingerprint density at radius 2 is 2.11 bits per heavy atom. The van der Waals surface area contributed by atoms with Gasteiger partial charge in [0.25, 0.3) is 0 Å². The van der Waals surface area contributed by atoms with E-state index in [0.717, 1.165) is 28.1 Å². The van der Waals surface area contributed by atoms with Crippen LogP contribution >= 0.6 is 11.6 Å². The fourth-order valence-corrected chi connectivity index (χ4v) is 2.56. The van der Waals surface area contributed by atoms with E-state index in [0.29, 0.717) is 5.02 Å². The number of hydrogen-bond donors (Lipinski definition) is 1. The summed E-state index contributed by atoms with van der Waals surface area (Å²) in [6, 6.07) is 9.65. The minimum Gasteiger partial charge on any atom is -0.469 e. The first-order chi connectivity index (χ1) is 9.20. The summed E-state index contributed by atoms with van der Waals surface area (Å²) in [5, 5.41) is 4.88. The molecule has 3 nitrogen and oxygen atoms in total. The second kappa shape index (κ2) is 4.76. The maximum Gasteiger partial charge on any atom is 0.152 e. The van der Waals surface area contributed by atoms with E-state index in [1.165, 1.54) is 0 Å². The maximum atomic E-state index is 6.14. The van der Waals surface area contributed by atoms with E-state index in [-0.39, 0.29) is 6.04 Å². The number of halogens is 1. The molecule has 1 unspecified atom stereocenters. The van der Waals surface area contributed by atoms with Crippen LogP contribution in [0.15, 0.2) is 45.4 Å². The summed E-state index contributed by atoms with van der Waals surface area (Å²) in [4.78, 5) is 0. The number of fused-ring (bicyclic) bond motifs is 1. The zero-order valence-corrected chi connectivity index (χ0v) is 11.5. The molecule has 2 heterocycles. The van der Waals surface area contributed by atoms with Gasteiger partial charge in [0, 0.05) is 10.9 Å². The van der Waals surface area contributed by atoms with Crippen LogP contribution in [0, 0.1) is 6.92 Å². The van der Waals surface area contributed by atoms with Crippen LogP contribution in [-0.4, -0.2) is 7.05 Å². The Morgan fingerprint density at radius 1 is 1.26 bits per heavy atom. The molecule has 3 aromatic rings. The van der Waals surface area contributed by atoms with Gasteiger partial charge in [-0.3, -0.25) is 0 Å². The SMILES string of the molecule is CNC(c1cc2cccc(Cl)c2o1)c1ccoc1C. The number of nitrogens with one attached hydrogen (secondary N) is 1. The molecule has 1 N–H and O–H groups in total. The van der Waals surface area contributed by atoms with Gasteiger partial charge < -0.3 is 14.2 Å². The number of para-hydroxylation sites is 1. The maximum absolute atomic E-state index is 6.14. The van der Waals surface area contributed by atoms with Gasteiger partial charge in [-0.1, -0.05) is 23.7 Å². The lowest BCUT2D eigenvalue weighted by Gasteiger charge is -2.12. The van der Waals surface area contributed by atoms with Crippen LogP contribution in [0.3, 0.4) is 0 Å². The molecule has 1 aromatic carbocycles. The van der Waals surface area contributed by atoms with Crippen molar-refractivity contribution >= 4 is 22.6 Å². The molecule has 98 valence electrons. The number of hydrogen-bond acceptors (Lipinski definition) is 3. The van der Waals surface area contributed by atoms with Crippen molar-refractivity contribution < 1.29 is 8.83 Å². The van der Waals surface area contributed by atoms with Crippen molar-refractivity contribution in [3.8, 4) is 0 Å². The number of rotatable bonds is 3. The molecule has 3 rings (SSSR count). The van der Waals surface area contributed by atoms with Crippen molar-refractivity contribution in [1.82, 2.24) is 5.32 Å². The van der Waals surface area contributed by atoms with E-state index in [1.807, 2.05) is 44.3 Å². The minimum absolute atomic E-state index is 0.0396. The monoisotopic (exact) mass is 275 g/mol. The van der Waals surface area contributed by atoms with Crippen LogP contribution < -0.4 is 5.32 Å². The van der Waals surface area contributed by atoms with Crippen molar-refractivity contribution in [2.24, 2.45) is 0 Å². The van der Waals surface area contributed by atoms with Crippen molar-refractivity contribution in [2.45, 2.75) is 13.0 Å². The summed E-state index contributed by atoms with van der Waals surface area (Å²) in [7, 11) is 1.89. The molecule has 0 amide bonds. The highest BCUT2D eigenvalue weighted by molar-refractivity contribution is 6.34. The molecule has 0 aliphatic rings. The summed E-state index contributed by atoms with van der Waals surface area (Å²) in [6.07, 6.45) is 1.69. The molecule has 19 heavy (non-hydrogen) atoms. The van der Waals surface area contributed by atoms with Gasteiger partial charge in [0.15, 0.2) is 5.58 Å². The molecule has 0 spiro atoms. The average Bonchev–Trinajstić information content (AvgIpc) is 2.99. The van der Waals surface area contributed by atoms with E-state index in [4.69, 9.17) is 20.4 Å². The third kappa shape index (κ3) is 2.05. The Kier molecular flexibility index (Phi) is 3.09. The Hall–Kier alpha value is -1.71. The normalized spacial score (nSPS) is 13.0. The first-order valence-corrected chi connectivity index (χ1v) is 6.47. The summed E-state index contributed by atoms with van der Waals surface area (Å²) >= 11 is 6.14. The number of benzene rings is 1. The minimum atomic E-state index is -0.0396.